The van der Waals surface area contributed by atoms with E-state index in [4.69, 9.17) is 5.73 Å². The molecular weight excluding hydrogens is 243 g/mol. The summed E-state index contributed by atoms with van der Waals surface area (Å²) in [7, 11) is 1.99. The Labute approximate surface area is 114 Å². The van der Waals surface area contributed by atoms with E-state index in [1.54, 1.807) is 6.07 Å². The van der Waals surface area contributed by atoms with Gasteiger partial charge in [-0.25, -0.2) is 4.39 Å². The van der Waals surface area contributed by atoms with E-state index in [2.05, 4.69) is 4.90 Å². The Morgan fingerprint density at radius 1 is 1.32 bits per heavy atom. The van der Waals surface area contributed by atoms with E-state index in [-0.39, 0.29) is 5.82 Å². The highest BCUT2D eigenvalue weighted by Gasteiger charge is 2.32. The minimum absolute atomic E-state index is 0.249. The number of halogens is 1. The molecule has 1 aromatic carbocycles. The van der Waals surface area contributed by atoms with Crippen LogP contribution < -0.4 is 5.73 Å². The van der Waals surface area contributed by atoms with Crippen molar-refractivity contribution >= 4 is 0 Å². The van der Waals surface area contributed by atoms with Gasteiger partial charge >= 0.3 is 0 Å². The Morgan fingerprint density at radius 2 is 2.00 bits per heavy atom. The van der Waals surface area contributed by atoms with Crippen molar-refractivity contribution in [2.45, 2.75) is 44.4 Å². The molecule has 0 unspecified atom stereocenters. The van der Waals surface area contributed by atoms with Crippen LogP contribution in [0.5, 0.6) is 0 Å². The van der Waals surface area contributed by atoms with E-state index in [1.165, 1.54) is 12.1 Å². The first-order valence-electron chi connectivity index (χ1n) is 6.91. The van der Waals surface area contributed by atoms with Gasteiger partial charge in [-0.05, 0) is 43.1 Å². The summed E-state index contributed by atoms with van der Waals surface area (Å²) in [4.78, 5) is 2.09. The van der Waals surface area contributed by atoms with Gasteiger partial charge in [0.15, 0.2) is 0 Å². The highest BCUT2D eigenvalue weighted by Crippen LogP contribution is 2.30. The molecule has 0 atom stereocenters. The maximum Gasteiger partial charge on any atom is 0.123 e. The van der Waals surface area contributed by atoms with Crippen molar-refractivity contribution in [3.05, 3.63) is 35.1 Å². The van der Waals surface area contributed by atoms with Gasteiger partial charge in [0.05, 0.1) is 5.60 Å². The van der Waals surface area contributed by atoms with Crippen LogP contribution in [0, 0.1) is 5.82 Å². The van der Waals surface area contributed by atoms with E-state index in [0.717, 1.165) is 36.8 Å². The highest BCUT2D eigenvalue weighted by atomic mass is 19.1. The zero-order valence-electron chi connectivity index (χ0n) is 11.5. The molecule has 1 saturated carbocycles. The van der Waals surface area contributed by atoms with Crippen LogP contribution in [0.4, 0.5) is 4.39 Å². The maximum absolute atomic E-state index is 13.2. The third-order valence-electron chi connectivity index (χ3n) is 3.93. The molecule has 0 aromatic heterocycles. The van der Waals surface area contributed by atoms with Crippen LogP contribution >= 0.6 is 0 Å². The number of benzene rings is 1. The SMILES string of the molecule is CN(Cc1ccc(F)cc1CN)CC1(O)CCCC1. The average Bonchev–Trinajstić information content (AvgIpc) is 2.77. The Morgan fingerprint density at radius 3 is 2.63 bits per heavy atom. The quantitative estimate of drug-likeness (QED) is 0.857. The molecule has 1 aliphatic rings. The van der Waals surface area contributed by atoms with Crippen molar-refractivity contribution < 1.29 is 9.50 Å². The molecule has 0 spiro atoms. The van der Waals surface area contributed by atoms with Gasteiger partial charge in [0.25, 0.3) is 0 Å². The maximum atomic E-state index is 13.2. The summed E-state index contributed by atoms with van der Waals surface area (Å²) in [5.74, 6) is -0.249. The lowest BCUT2D eigenvalue weighted by molar-refractivity contribution is 0.0145. The predicted octanol–water partition coefficient (Wildman–Crippen LogP) is 2.02. The molecule has 0 amide bonds. The minimum Gasteiger partial charge on any atom is -0.389 e. The van der Waals surface area contributed by atoms with E-state index in [1.807, 2.05) is 7.05 Å². The fourth-order valence-electron chi connectivity index (χ4n) is 2.98. The van der Waals surface area contributed by atoms with Gasteiger partial charge in [-0.2, -0.15) is 0 Å². The van der Waals surface area contributed by atoms with Crippen LogP contribution in [0.2, 0.25) is 0 Å². The van der Waals surface area contributed by atoms with Gasteiger partial charge in [-0.3, -0.25) is 4.90 Å². The molecule has 0 saturated heterocycles. The Bertz CT molecular complexity index is 430. The molecule has 106 valence electrons. The number of hydrogen-bond donors (Lipinski definition) is 2. The number of aliphatic hydroxyl groups is 1. The van der Waals surface area contributed by atoms with Crippen molar-refractivity contribution in [2.75, 3.05) is 13.6 Å². The van der Waals surface area contributed by atoms with Crippen LogP contribution in [0.25, 0.3) is 0 Å². The molecule has 0 heterocycles. The molecule has 19 heavy (non-hydrogen) atoms. The van der Waals surface area contributed by atoms with Gasteiger partial charge in [0.2, 0.25) is 0 Å². The first-order chi connectivity index (χ1) is 9.02. The van der Waals surface area contributed by atoms with E-state index < -0.39 is 5.60 Å². The predicted molar refractivity (Wildman–Crippen MR) is 74.0 cm³/mol. The van der Waals surface area contributed by atoms with E-state index in [9.17, 15) is 9.50 Å². The van der Waals surface area contributed by atoms with Crippen molar-refractivity contribution in [2.24, 2.45) is 5.73 Å². The number of hydrogen-bond acceptors (Lipinski definition) is 3. The Balaban J connectivity index is 2.00. The molecule has 4 heteroatoms. The number of rotatable bonds is 5. The normalized spacial score (nSPS) is 18.2. The van der Waals surface area contributed by atoms with Gasteiger partial charge < -0.3 is 10.8 Å². The van der Waals surface area contributed by atoms with Crippen molar-refractivity contribution in [3.8, 4) is 0 Å². The van der Waals surface area contributed by atoms with Gasteiger partial charge in [-0.15, -0.1) is 0 Å². The minimum atomic E-state index is -0.544. The Hall–Kier alpha value is -0.970. The molecule has 0 aliphatic heterocycles. The summed E-state index contributed by atoms with van der Waals surface area (Å²) < 4.78 is 13.2. The summed E-state index contributed by atoms with van der Waals surface area (Å²) in [6.07, 6.45) is 3.97. The highest BCUT2D eigenvalue weighted by molar-refractivity contribution is 5.27. The average molecular weight is 266 g/mol. The third kappa shape index (κ3) is 3.75. The zero-order chi connectivity index (χ0) is 13.9. The summed E-state index contributed by atoms with van der Waals surface area (Å²) in [6.45, 7) is 1.69. The second-order valence-corrected chi connectivity index (χ2v) is 5.72. The van der Waals surface area contributed by atoms with Crippen LogP contribution in [0.1, 0.15) is 36.8 Å². The van der Waals surface area contributed by atoms with Crippen LogP contribution in [0.3, 0.4) is 0 Å². The summed E-state index contributed by atoms with van der Waals surface area (Å²) >= 11 is 0. The lowest BCUT2D eigenvalue weighted by Crippen LogP contribution is -2.39. The molecule has 1 aliphatic carbocycles. The van der Waals surface area contributed by atoms with Crippen LogP contribution in [0.15, 0.2) is 18.2 Å². The second-order valence-electron chi connectivity index (χ2n) is 5.72. The first kappa shape index (κ1) is 14.4. The molecular formula is C15H23FN2O. The van der Waals surface area contributed by atoms with Gasteiger partial charge in [-0.1, -0.05) is 18.9 Å². The van der Waals surface area contributed by atoms with Crippen molar-refractivity contribution in [3.63, 3.8) is 0 Å². The molecule has 0 radical (unpaired) electrons. The lowest BCUT2D eigenvalue weighted by Gasteiger charge is -2.29. The molecule has 3 nitrogen and oxygen atoms in total. The van der Waals surface area contributed by atoms with Crippen LogP contribution in [-0.4, -0.2) is 29.2 Å². The lowest BCUT2D eigenvalue weighted by atomic mass is 10.0. The zero-order valence-corrected chi connectivity index (χ0v) is 11.5. The summed E-state index contributed by atoms with van der Waals surface area (Å²) in [5.41, 5.74) is 6.98. The van der Waals surface area contributed by atoms with Gasteiger partial charge in [0, 0.05) is 19.6 Å². The largest absolute Gasteiger partial charge is 0.389 e. The molecule has 1 fully saturated rings. The van der Waals surface area contributed by atoms with E-state index in [0.29, 0.717) is 19.6 Å². The smallest absolute Gasteiger partial charge is 0.123 e. The van der Waals surface area contributed by atoms with Crippen LogP contribution in [-0.2, 0) is 13.1 Å². The molecule has 1 aromatic rings. The molecule has 3 N–H and O–H groups in total. The topological polar surface area (TPSA) is 49.5 Å². The van der Waals surface area contributed by atoms with Crippen molar-refractivity contribution in [1.82, 2.24) is 4.90 Å². The second kappa shape index (κ2) is 5.99. The van der Waals surface area contributed by atoms with Crippen molar-refractivity contribution in [1.29, 1.82) is 0 Å². The summed E-state index contributed by atoms with van der Waals surface area (Å²) in [6, 6.07) is 4.74. The Kier molecular flexibility index (Phi) is 4.55. The molecule has 2 rings (SSSR count). The monoisotopic (exact) mass is 266 g/mol. The molecule has 0 bridgehead atoms. The number of nitrogens with zero attached hydrogens (tertiary/aromatic N) is 1. The van der Waals surface area contributed by atoms with Gasteiger partial charge in [0.1, 0.15) is 5.82 Å². The standard InChI is InChI=1S/C15H23FN2O/c1-18(11-15(19)6-2-3-7-15)10-12-4-5-14(16)8-13(12)9-17/h4-5,8,19H,2-3,6-7,9-11,17H2,1H3. The van der Waals surface area contributed by atoms with E-state index >= 15 is 0 Å². The fraction of sp³-hybridized carbons (Fsp3) is 0.600. The first-order valence-corrected chi connectivity index (χ1v) is 6.91. The summed E-state index contributed by atoms with van der Waals surface area (Å²) in [5, 5.41) is 10.4. The third-order valence-corrected chi connectivity index (χ3v) is 3.93. The number of nitrogens with two attached hydrogens (primary N) is 1. The number of likely N-dealkylation sites (N-methyl/N-ethyl adjacent to an activating group) is 1. The fourth-order valence-corrected chi connectivity index (χ4v) is 2.98.